The monoisotopic (exact) mass is 520 g/mol. The molecule has 0 fully saturated rings. The lowest BCUT2D eigenvalue weighted by Gasteiger charge is -2.15. The normalized spacial score (nSPS) is 11.9. The van der Waals surface area contributed by atoms with Gasteiger partial charge in [0.1, 0.15) is 0 Å². The molecule has 0 amide bonds. The second kappa shape index (κ2) is 8.51. The van der Waals surface area contributed by atoms with E-state index in [-0.39, 0.29) is 0 Å². The molecule has 2 heteroatoms. The molecule has 7 aromatic carbocycles. The maximum atomic E-state index is 5.24. The van der Waals surface area contributed by atoms with Gasteiger partial charge in [0.15, 0.2) is 0 Å². The van der Waals surface area contributed by atoms with Gasteiger partial charge in [0.25, 0.3) is 0 Å². The van der Waals surface area contributed by atoms with Gasteiger partial charge in [0.05, 0.1) is 22.2 Å². The van der Waals surface area contributed by atoms with Crippen molar-refractivity contribution in [1.29, 1.82) is 0 Å². The van der Waals surface area contributed by atoms with E-state index < -0.39 is 0 Å². The summed E-state index contributed by atoms with van der Waals surface area (Å²) in [6.07, 6.45) is 0. The molecule has 9 aromatic rings. The van der Waals surface area contributed by atoms with Crippen LogP contribution in [0.1, 0.15) is 0 Å². The molecule has 0 atom stereocenters. The van der Waals surface area contributed by atoms with Crippen molar-refractivity contribution in [3.05, 3.63) is 146 Å². The lowest BCUT2D eigenvalue weighted by molar-refractivity contribution is 1.19. The topological polar surface area (TPSA) is 17.8 Å². The zero-order chi connectivity index (χ0) is 26.9. The van der Waals surface area contributed by atoms with Crippen LogP contribution >= 0.6 is 0 Å². The number of rotatable bonds is 2. The molecule has 0 unspecified atom stereocenters. The quantitative estimate of drug-likeness (QED) is 0.207. The summed E-state index contributed by atoms with van der Waals surface area (Å²) in [7, 11) is 0. The predicted molar refractivity (Wildman–Crippen MR) is 174 cm³/mol. The lowest BCUT2D eigenvalue weighted by Crippen LogP contribution is -1.95. The van der Waals surface area contributed by atoms with Crippen molar-refractivity contribution in [3.8, 4) is 16.9 Å². The molecular formula is C39H24N2. The minimum atomic E-state index is 1.01. The third-order valence-electron chi connectivity index (χ3n) is 8.53. The third-order valence-corrected chi connectivity index (χ3v) is 8.53. The first-order valence-corrected chi connectivity index (χ1v) is 14.1. The Kier molecular flexibility index (Phi) is 4.64. The van der Waals surface area contributed by atoms with Gasteiger partial charge >= 0.3 is 0 Å². The van der Waals surface area contributed by atoms with Crippen molar-refractivity contribution in [3.63, 3.8) is 0 Å². The van der Waals surface area contributed by atoms with Gasteiger partial charge in [-0.15, -0.1) is 0 Å². The fourth-order valence-electron chi connectivity index (χ4n) is 6.65. The van der Waals surface area contributed by atoms with Crippen LogP contribution in [-0.2, 0) is 0 Å². The van der Waals surface area contributed by atoms with E-state index in [2.05, 4.69) is 150 Å². The zero-order valence-corrected chi connectivity index (χ0v) is 22.3. The Morgan fingerprint density at radius 2 is 1.05 bits per heavy atom. The van der Waals surface area contributed by atoms with Crippen molar-refractivity contribution in [1.82, 2.24) is 9.55 Å². The van der Waals surface area contributed by atoms with E-state index in [0.717, 1.165) is 22.5 Å². The van der Waals surface area contributed by atoms with Crippen LogP contribution in [0.4, 0.5) is 0 Å². The molecule has 0 saturated carbocycles. The van der Waals surface area contributed by atoms with Gasteiger partial charge in [-0.1, -0.05) is 109 Å². The second-order valence-corrected chi connectivity index (χ2v) is 10.8. The van der Waals surface area contributed by atoms with Gasteiger partial charge in [0, 0.05) is 38.2 Å². The molecule has 2 aromatic heterocycles. The summed E-state index contributed by atoms with van der Waals surface area (Å²) >= 11 is 0. The highest BCUT2D eigenvalue weighted by atomic mass is 15.0. The highest BCUT2D eigenvalue weighted by Crippen LogP contribution is 2.39. The third kappa shape index (κ3) is 3.28. The first kappa shape index (κ1) is 22.4. The summed E-state index contributed by atoms with van der Waals surface area (Å²) in [4.78, 5) is 5.24. The molecule has 0 saturated heterocycles. The minimum Gasteiger partial charge on any atom is -0.309 e. The molecule has 2 heterocycles. The Balaban J connectivity index is 1.39. The van der Waals surface area contributed by atoms with Crippen molar-refractivity contribution in [2.45, 2.75) is 0 Å². The first-order chi connectivity index (χ1) is 20.3. The Bertz CT molecular complexity index is 2430. The van der Waals surface area contributed by atoms with Gasteiger partial charge in [-0.25, -0.2) is 4.98 Å². The standard InChI is InChI=1S/C39H24N2/c1-2-10-27-23-28(18-17-25(27)9-1)39-33-22-20-26-19-21-29(24-34(26)38(33)32-13-3-6-14-35(32)40-39)41-36-15-7-4-11-30(36)31-12-5-8-16-37(31)41/h1-24H. The molecule has 0 spiro atoms. The van der Waals surface area contributed by atoms with Crippen LogP contribution in [0.25, 0.3) is 82.0 Å². The summed E-state index contributed by atoms with van der Waals surface area (Å²) in [6.45, 7) is 0. The second-order valence-electron chi connectivity index (χ2n) is 10.8. The smallest absolute Gasteiger partial charge is 0.0788 e. The Morgan fingerprint density at radius 1 is 0.415 bits per heavy atom. The van der Waals surface area contributed by atoms with Gasteiger partial charge in [-0.3, -0.25) is 0 Å². The van der Waals surface area contributed by atoms with E-state index in [1.54, 1.807) is 0 Å². The molecule has 0 radical (unpaired) electrons. The number of para-hydroxylation sites is 3. The Morgan fingerprint density at radius 3 is 1.85 bits per heavy atom. The molecule has 41 heavy (non-hydrogen) atoms. The van der Waals surface area contributed by atoms with Crippen LogP contribution in [-0.4, -0.2) is 9.55 Å². The highest BCUT2D eigenvalue weighted by Gasteiger charge is 2.16. The van der Waals surface area contributed by atoms with Crippen LogP contribution in [0.15, 0.2) is 146 Å². The molecule has 0 N–H and O–H groups in total. The van der Waals surface area contributed by atoms with Gasteiger partial charge < -0.3 is 4.57 Å². The number of hydrogen-bond donors (Lipinski definition) is 0. The first-order valence-electron chi connectivity index (χ1n) is 14.1. The van der Waals surface area contributed by atoms with Crippen molar-refractivity contribution in [2.24, 2.45) is 0 Å². The SMILES string of the molecule is c1ccc2cc(-c3nc4ccccc4c4c3ccc3ccc(-n5c6ccccc6c6ccccc65)cc34)ccc2c1. The van der Waals surface area contributed by atoms with Gasteiger partial charge in [-0.2, -0.15) is 0 Å². The minimum absolute atomic E-state index is 1.01. The fourth-order valence-corrected chi connectivity index (χ4v) is 6.65. The van der Waals surface area contributed by atoms with E-state index in [9.17, 15) is 0 Å². The van der Waals surface area contributed by atoms with Crippen LogP contribution in [0.5, 0.6) is 0 Å². The van der Waals surface area contributed by atoms with Gasteiger partial charge in [0.2, 0.25) is 0 Å². The largest absolute Gasteiger partial charge is 0.309 e. The highest BCUT2D eigenvalue weighted by molar-refractivity contribution is 6.23. The van der Waals surface area contributed by atoms with Crippen LogP contribution in [0.2, 0.25) is 0 Å². The average Bonchev–Trinajstić information content (AvgIpc) is 3.38. The predicted octanol–water partition coefficient (Wildman–Crippen LogP) is 10.5. The number of hydrogen-bond acceptors (Lipinski definition) is 1. The molecular weight excluding hydrogens is 496 g/mol. The fraction of sp³-hybridized carbons (Fsp3) is 0. The van der Waals surface area contributed by atoms with Crippen molar-refractivity contribution >= 4 is 65.0 Å². The van der Waals surface area contributed by atoms with E-state index >= 15 is 0 Å². The molecule has 190 valence electrons. The lowest BCUT2D eigenvalue weighted by atomic mass is 9.94. The van der Waals surface area contributed by atoms with Crippen molar-refractivity contribution < 1.29 is 0 Å². The van der Waals surface area contributed by atoms with Crippen LogP contribution < -0.4 is 0 Å². The summed E-state index contributed by atoms with van der Waals surface area (Å²) in [6, 6.07) is 52.5. The molecule has 0 aliphatic rings. The summed E-state index contributed by atoms with van der Waals surface area (Å²) in [5.41, 5.74) is 6.77. The molecule has 0 aliphatic carbocycles. The number of nitrogens with zero attached hydrogens (tertiary/aromatic N) is 2. The molecule has 2 nitrogen and oxygen atoms in total. The number of benzene rings is 7. The van der Waals surface area contributed by atoms with Crippen molar-refractivity contribution in [2.75, 3.05) is 0 Å². The van der Waals surface area contributed by atoms with Crippen LogP contribution in [0.3, 0.4) is 0 Å². The molecule has 0 aliphatic heterocycles. The van der Waals surface area contributed by atoms with Crippen LogP contribution in [0, 0.1) is 0 Å². The summed E-state index contributed by atoms with van der Waals surface area (Å²) in [5, 5.41) is 11.1. The summed E-state index contributed by atoms with van der Waals surface area (Å²) in [5.74, 6) is 0. The Hall–Kier alpha value is -5.47. The van der Waals surface area contributed by atoms with E-state index in [0.29, 0.717) is 0 Å². The number of aromatic nitrogens is 2. The zero-order valence-electron chi connectivity index (χ0n) is 22.3. The summed E-state index contributed by atoms with van der Waals surface area (Å²) < 4.78 is 2.40. The molecule has 0 bridgehead atoms. The van der Waals surface area contributed by atoms with E-state index in [4.69, 9.17) is 4.98 Å². The number of fused-ring (bicyclic) bond motifs is 9. The van der Waals surface area contributed by atoms with E-state index in [1.807, 2.05) is 0 Å². The maximum Gasteiger partial charge on any atom is 0.0788 e. The van der Waals surface area contributed by atoms with Gasteiger partial charge in [-0.05, 0) is 57.9 Å². The Labute approximate surface area is 236 Å². The molecule has 9 rings (SSSR count). The average molecular weight is 521 g/mol. The number of pyridine rings is 1. The maximum absolute atomic E-state index is 5.24. The van der Waals surface area contributed by atoms with E-state index in [1.165, 1.54) is 59.5 Å².